The number of nitrogens with zero attached hydrogens (tertiary/aromatic N) is 6. The Morgan fingerprint density at radius 3 is 2.72 bits per heavy atom. The summed E-state index contributed by atoms with van der Waals surface area (Å²) in [4.78, 5) is 5.72. The summed E-state index contributed by atoms with van der Waals surface area (Å²) in [5.41, 5.74) is 1.02. The molecule has 0 saturated carbocycles. The Balaban J connectivity index is 1.60. The second-order valence-electron chi connectivity index (χ2n) is 5.42. The molecule has 0 amide bonds. The molecule has 4 aromatic rings. The highest BCUT2D eigenvalue weighted by Crippen LogP contribution is 2.31. The molecule has 4 rings (SSSR count). The highest BCUT2D eigenvalue weighted by atomic mass is 19.4. The molecule has 0 saturated heterocycles. The van der Waals surface area contributed by atoms with Crippen LogP contribution in [0.15, 0.2) is 54.9 Å². The third-order valence-electron chi connectivity index (χ3n) is 3.62. The summed E-state index contributed by atoms with van der Waals surface area (Å²) in [5, 5.41) is 11.9. The van der Waals surface area contributed by atoms with Gasteiger partial charge in [0.15, 0.2) is 0 Å². The molecule has 1 aromatic carbocycles. The Bertz CT molecular complexity index is 1000. The summed E-state index contributed by atoms with van der Waals surface area (Å²) >= 11 is 0. The molecule has 3 heterocycles. The van der Waals surface area contributed by atoms with E-state index < -0.39 is 11.7 Å². The van der Waals surface area contributed by atoms with Crippen LogP contribution in [0.1, 0.15) is 11.3 Å². The van der Waals surface area contributed by atoms with Gasteiger partial charge in [-0.05, 0) is 29.5 Å². The van der Waals surface area contributed by atoms with Gasteiger partial charge in [0, 0.05) is 18.0 Å². The predicted molar refractivity (Wildman–Crippen MR) is 82.5 cm³/mol. The molecule has 0 aliphatic heterocycles. The van der Waals surface area contributed by atoms with Crippen molar-refractivity contribution in [1.29, 1.82) is 0 Å². The van der Waals surface area contributed by atoms with Gasteiger partial charge in [0.05, 0.1) is 11.3 Å². The maximum Gasteiger partial charge on any atom is 0.416 e. The molecule has 3 aromatic heterocycles. The first kappa shape index (κ1) is 15.3. The predicted octanol–water partition coefficient (Wildman–Crippen LogP) is 3.05. The summed E-state index contributed by atoms with van der Waals surface area (Å²) in [5.74, 6) is 0.134. The number of halogens is 3. The molecule has 0 aliphatic rings. The van der Waals surface area contributed by atoms with Gasteiger partial charge >= 0.3 is 6.18 Å². The van der Waals surface area contributed by atoms with Crippen molar-refractivity contribution in [3.63, 3.8) is 0 Å². The number of aromatic nitrogens is 6. The lowest BCUT2D eigenvalue weighted by molar-refractivity contribution is -0.137. The fourth-order valence-corrected chi connectivity index (χ4v) is 2.47. The van der Waals surface area contributed by atoms with Crippen LogP contribution in [0.2, 0.25) is 0 Å². The molecule has 0 atom stereocenters. The first-order valence-electron chi connectivity index (χ1n) is 7.37. The van der Waals surface area contributed by atoms with Gasteiger partial charge in [-0.2, -0.15) is 18.0 Å². The van der Waals surface area contributed by atoms with Crippen LogP contribution in [-0.2, 0) is 12.7 Å². The fraction of sp³-hybridized carbons (Fsp3) is 0.125. The van der Waals surface area contributed by atoms with Crippen LogP contribution in [0.3, 0.4) is 0 Å². The molecular formula is C16H11F3N6. The first-order valence-corrected chi connectivity index (χ1v) is 7.37. The highest BCUT2D eigenvalue weighted by molar-refractivity contribution is 5.55. The van der Waals surface area contributed by atoms with E-state index in [0.717, 1.165) is 23.5 Å². The van der Waals surface area contributed by atoms with E-state index in [1.165, 1.54) is 16.9 Å². The maximum absolute atomic E-state index is 12.8. The highest BCUT2D eigenvalue weighted by Gasteiger charge is 2.30. The van der Waals surface area contributed by atoms with Gasteiger partial charge in [-0.3, -0.25) is 0 Å². The molecule has 0 bridgehead atoms. The van der Waals surface area contributed by atoms with E-state index in [0.29, 0.717) is 0 Å². The minimum Gasteiger partial charge on any atom is -0.307 e. The van der Waals surface area contributed by atoms with Crippen molar-refractivity contribution in [1.82, 2.24) is 29.6 Å². The number of hydrogen-bond acceptors (Lipinski definition) is 4. The van der Waals surface area contributed by atoms with Gasteiger partial charge in [0.25, 0.3) is 0 Å². The average Bonchev–Trinajstić information content (AvgIpc) is 3.20. The van der Waals surface area contributed by atoms with Gasteiger partial charge in [-0.25, -0.2) is 4.98 Å². The molecule has 0 N–H and O–H groups in total. The molecule has 9 heteroatoms. The van der Waals surface area contributed by atoms with E-state index in [9.17, 15) is 13.2 Å². The van der Waals surface area contributed by atoms with Crippen molar-refractivity contribution in [3.05, 3.63) is 66.1 Å². The van der Waals surface area contributed by atoms with E-state index in [-0.39, 0.29) is 17.9 Å². The first-order chi connectivity index (χ1) is 12.0. The van der Waals surface area contributed by atoms with Crippen LogP contribution in [0.4, 0.5) is 13.2 Å². The zero-order valence-corrected chi connectivity index (χ0v) is 12.7. The monoisotopic (exact) mass is 344 g/mol. The largest absolute Gasteiger partial charge is 0.416 e. The summed E-state index contributed by atoms with van der Waals surface area (Å²) in [6.45, 7) is 0.271. The Morgan fingerprint density at radius 2 is 1.92 bits per heavy atom. The van der Waals surface area contributed by atoms with Crippen molar-refractivity contribution in [2.24, 2.45) is 0 Å². The van der Waals surface area contributed by atoms with E-state index in [1.807, 2.05) is 35.0 Å². The van der Waals surface area contributed by atoms with Gasteiger partial charge in [0.1, 0.15) is 12.2 Å². The number of benzene rings is 1. The van der Waals surface area contributed by atoms with Crippen LogP contribution in [0.5, 0.6) is 0 Å². The second-order valence-corrected chi connectivity index (χ2v) is 5.42. The molecule has 0 aliphatic carbocycles. The molecular weight excluding hydrogens is 333 g/mol. The lowest BCUT2D eigenvalue weighted by atomic mass is 10.1. The summed E-state index contributed by atoms with van der Waals surface area (Å²) in [6, 6.07) is 10.5. The molecule has 25 heavy (non-hydrogen) atoms. The molecule has 6 nitrogen and oxygen atoms in total. The van der Waals surface area contributed by atoms with Crippen molar-refractivity contribution in [2.45, 2.75) is 12.7 Å². The van der Waals surface area contributed by atoms with E-state index in [1.54, 1.807) is 0 Å². The van der Waals surface area contributed by atoms with Gasteiger partial charge < -0.3 is 4.40 Å². The number of hydrogen-bond donors (Lipinski definition) is 0. The SMILES string of the molecule is FC(F)(F)c1cccc(-c2nnn(Cc3cn4ccccc4n3)n2)c1. The fourth-order valence-electron chi connectivity index (χ4n) is 2.47. The standard InChI is InChI=1S/C16H11F3N6/c17-16(18,19)12-5-3-4-11(8-12)15-21-23-25(22-15)10-13-9-24-7-2-1-6-14(24)20-13/h1-9H,10H2. The van der Waals surface area contributed by atoms with Crippen LogP contribution in [0, 0.1) is 0 Å². The van der Waals surface area contributed by atoms with E-state index >= 15 is 0 Å². The number of fused-ring (bicyclic) bond motifs is 1. The molecule has 0 fully saturated rings. The Labute approximate surface area is 139 Å². The van der Waals surface area contributed by atoms with Crippen molar-refractivity contribution in [3.8, 4) is 11.4 Å². The number of imidazole rings is 1. The Morgan fingerprint density at radius 1 is 1.04 bits per heavy atom. The van der Waals surface area contributed by atoms with Crippen molar-refractivity contribution < 1.29 is 13.2 Å². The van der Waals surface area contributed by atoms with E-state index in [2.05, 4.69) is 20.4 Å². The smallest absolute Gasteiger partial charge is 0.307 e. The number of tetrazole rings is 1. The van der Waals surface area contributed by atoms with Crippen LogP contribution in [-0.4, -0.2) is 29.6 Å². The maximum atomic E-state index is 12.8. The minimum atomic E-state index is -4.41. The van der Waals surface area contributed by atoms with Crippen LogP contribution >= 0.6 is 0 Å². The second kappa shape index (κ2) is 5.69. The summed E-state index contributed by atoms with van der Waals surface area (Å²) in [6.07, 6.45) is -0.708. The zero-order chi connectivity index (χ0) is 17.4. The topological polar surface area (TPSA) is 60.9 Å². The zero-order valence-electron chi connectivity index (χ0n) is 12.7. The lowest BCUT2D eigenvalue weighted by Crippen LogP contribution is -2.05. The number of alkyl halides is 3. The third-order valence-corrected chi connectivity index (χ3v) is 3.62. The number of pyridine rings is 1. The minimum absolute atomic E-state index is 0.134. The Kier molecular flexibility index (Phi) is 3.48. The van der Waals surface area contributed by atoms with E-state index in [4.69, 9.17) is 0 Å². The summed E-state index contributed by atoms with van der Waals surface area (Å²) < 4.78 is 40.3. The van der Waals surface area contributed by atoms with Gasteiger partial charge in [-0.15, -0.1) is 10.2 Å². The van der Waals surface area contributed by atoms with Crippen molar-refractivity contribution in [2.75, 3.05) is 0 Å². The average molecular weight is 344 g/mol. The van der Waals surface area contributed by atoms with Crippen LogP contribution in [0.25, 0.3) is 17.0 Å². The third kappa shape index (κ3) is 3.08. The molecule has 0 unspecified atom stereocenters. The molecule has 0 spiro atoms. The summed E-state index contributed by atoms with van der Waals surface area (Å²) in [7, 11) is 0. The number of rotatable bonds is 3. The molecule has 0 radical (unpaired) electrons. The van der Waals surface area contributed by atoms with Gasteiger partial charge in [-0.1, -0.05) is 18.2 Å². The molecule has 126 valence electrons. The lowest BCUT2D eigenvalue weighted by Gasteiger charge is -2.06. The van der Waals surface area contributed by atoms with Crippen molar-refractivity contribution >= 4 is 5.65 Å². The van der Waals surface area contributed by atoms with Crippen LogP contribution < -0.4 is 0 Å². The van der Waals surface area contributed by atoms with Gasteiger partial charge in [0.2, 0.25) is 5.82 Å². The Hall–Kier alpha value is -3.23. The quantitative estimate of drug-likeness (QED) is 0.573. The normalized spacial score (nSPS) is 12.0.